The topological polar surface area (TPSA) is 72.3 Å². The molecule has 1 fully saturated rings. The predicted molar refractivity (Wildman–Crippen MR) is 134 cm³/mol. The third-order valence-corrected chi connectivity index (χ3v) is 8.33. The second kappa shape index (κ2) is 9.27. The Bertz CT molecular complexity index is 1320. The SMILES string of the molecule is Cc1ccc(/C=C2/SC(=O)N(CCCCn3cnc4sc5c(c4c3=O)CCCC5)C2=O)cc1. The highest BCUT2D eigenvalue weighted by atomic mass is 32.2. The molecule has 33 heavy (non-hydrogen) atoms. The van der Waals surface area contributed by atoms with E-state index in [1.54, 1.807) is 28.3 Å². The van der Waals surface area contributed by atoms with Crippen molar-refractivity contribution in [1.82, 2.24) is 14.5 Å². The van der Waals surface area contributed by atoms with Crippen LogP contribution < -0.4 is 5.56 Å². The van der Waals surface area contributed by atoms with Crippen molar-refractivity contribution in [1.29, 1.82) is 0 Å². The van der Waals surface area contributed by atoms with Gasteiger partial charge < -0.3 is 0 Å². The van der Waals surface area contributed by atoms with Gasteiger partial charge in [0.1, 0.15) is 4.83 Å². The van der Waals surface area contributed by atoms with Crippen molar-refractivity contribution in [3.05, 3.63) is 67.4 Å². The van der Waals surface area contributed by atoms with E-state index in [0.29, 0.717) is 30.8 Å². The molecular formula is C25H25N3O3S2. The number of aryl methyl sites for hydroxylation is 4. The van der Waals surface area contributed by atoms with E-state index in [2.05, 4.69) is 4.98 Å². The minimum Gasteiger partial charge on any atom is -0.299 e. The summed E-state index contributed by atoms with van der Waals surface area (Å²) in [6.45, 7) is 2.89. The summed E-state index contributed by atoms with van der Waals surface area (Å²) in [5, 5.41) is 0.563. The van der Waals surface area contributed by atoms with Gasteiger partial charge in [-0.2, -0.15) is 0 Å². The van der Waals surface area contributed by atoms with Crippen LogP contribution in [0.3, 0.4) is 0 Å². The van der Waals surface area contributed by atoms with Crippen LogP contribution in [0.15, 0.2) is 40.3 Å². The van der Waals surface area contributed by atoms with Crippen molar-refractivity contribution in [3.63, 3.8) is 0 Å². The van der Waals surface area contributed by atoms with Gasteiger partial charge in [-0.1, -0.05) is 29.8 Å². The number of unbranched alkanes of at least 4 members (excludes halogenated alkanes) is 1. The first-order valence-electron chi connectivity index (χ1n) is 11.3. The fourth-order valence-corrected chi connectivity index (χ4v) is 6.48. The molecule has 3 aromatic rings. The number of carbonyl (C=O) groups is 2. The monoisotopic (exact) mass is 479 g/mol. The van der Waals surface area contributed by atoms with E-state index in [4.69, 9.17) is 0 Å². The van der Waals surface area contributed by atoms with Crippen molar-refractivity contribution < 1.29 is 9.59 Å². The largest absolute Gasteiger partial charge is 0.299 e. The molecule has 1 aliphatic heterocycles. The lowest BCUT2D eigenvalue weighted by molar-refractivity contribution is -0.122. The second-order valence-corrected chi connectivity index (χ2v) is 10.7. The lowest BCUT2D eigenvalue weighted by Gasteiger charge is -2.13. The van der Waals surface area contributed by atoms with Gasteiger partial charge in [-0.25, -0.2) is 4.98 Å². The number of nitrogens with zero attached hydrogens (tertiary/aromatic N) is 3. The Morgan fingerprint density at radius 3 is 2.61 bits per heavy atom. The fourth-order valence-electron chi connectivity index (χ4n) is 4.40. The van der Waals surface area contributed by atoms with Crippen molar-refractivity contribution in [2.24, 2.45) is 0 Å². The highest BCUT2D eigenvalue weighted by molar-refractivity contribution is 8.18. The molecule has 0 atom stereocenters. The van der Waals surface area contributed by atoms with Crippen LogP contribution in [0, 0.1) is 6.92 Å². The van der Waals surface area contributed by atoms with Crippen LogP contribution in [0.2, 0.25) is 0 Å². The van der Waals surface area contributed by atoms with Crippen molar-refractivity contribution in [3.8, 4) is 0 Å². The lowest BCUT2D eigenvalue weighted by Crippen LogP contribution is -2.29. The Morgan fingerprint density at radius 2 is 1.79 bits per heavy atom. The summed E-state index contributed by atoms with van der Waals surface area (Å²) in [4.78, 5) is 46.6. The smallest absolute Gasteiger partial charge is 0.293 e. The van der Waals surface area contributed by atoms with Crippen molar-refractivity contribution >= 4 is 50.5 Å². The van der Waals surface area contributed by atoms with E-state index in [1.807, 2.05) is 31.2 Å². The molecule has 8 heteroatoms. The minimum atomic E-state index is -0.240. The maximum Gasteiger partial charge on any atom is 0.293 e. The van der Waals surface area contributed by atoms with E-state index in [9.17, 15) is 14.4 Å². The van der Waals surface area contributed by atoms with Crippen LogP contribution in [-0.2, 0) is 24.2 Å². The van der Waals surface area contributed by atoms with Crippen molar-refractivity contribution in [2.45, 2.75) is 52.0 Å². The molecule has 0 bridgehead atoms. The predicted octanol–water partition coefficient (Wildman–Crippen LogP) is 5.16. The van der Waals surface area contributed by atoms with Gasteiger partial charge in [0.2, 0.25) is 0 Å². The zero-order chi connectivity index (χ0) is 22.9. The molecule has 1 aliphatic carbocycles. The van der Waals surface area contributed by atoms with Crippen LogP contribution in [-0.4, -0.2) is 32.1 Å². The second-order valence-electron chi connectivity index (χ2n) is 8.59. The molecule has 1 aromatic carbocycles. The van der Waals surface area contributed by atoms with E-state index in [0.717, 1.165) is 52.4 Å². The summed E-state index contributed by atoms with van der Waals surface area (Å²) in [7, 11) is 0. The Balaban J connectivity index is 1.21. The first-order valence-corrected chi connectivity index (χ1v) is 13.0. The van der Waals surface area contributed by atoms with E-state index in [-0.39, 0.29) is 16.7 Å². The standard InChI is InChI=1S/C25H25N3O3S2/c1-16-8-10-17(11-9-16)14-20-23(29)28(25(31)33-20)13-5-4-12-27-15-26-22-21(24(27)30)18-6-2-3-7-19(18)32-22/h8-11,14-15H,2-7,12-13H2,1H3/b20-14+. The number of hydrogen-bond donors (Lipinski definition) is 0. The number of carbonyl (C=O) groups excluding carboxylic acids is 2. The first-order chi connectivity index (χ1) is 16.0. The number of fused-ring (bicyclic) bond motifs is 3. The van der Waals surface area contributed by atoms with Crippen LogP contribution in [0.4, 0.5) is 4.79 Å². The summed E-state index contributed by atoms with van der Waals surface area (Å²) in [5.41, 5.74) is 3.29. The number of benzene rings is 1. The third-order valence-electron chi connectivity index (χ3n) is 6.22. The van der Waals surface area contributed by atoms with Gasteiger partial charge in [0.25, 0.3) is 16.7 Å². The molecule has 0 unspecified atom stereocenters. The van der Waals surface area contributed by atoms with Crippen LogP contribution in [0.5, 0.6) is 0 Å². The van der Waals surface area contributed by atoms with Gasteiger partial charge in [0.05, 0.1) is 16.6 Å². The maximum absolute atomic E-state index is 13.1. The Morgan fingerprint density at radius 1 is 1.03 bits per heavy atom. The molecule has 0 spiro atoms. The summed E-state index contributed by atoms with van der Waals surface area (Å²) in [5.74, 6) is -0.240. The number of amides is 2. The molecule has 2 amide bonds. The number of hydrogen-bond acceptors (Lipinski definition) is 6. The third kappa shape index (κ3) is 4.42. The zero-order valence-corrected chi connectivity index (χ0v) is 20.1. The molecule has 0 saturated carbocycles. The van der Waals surface area contributed by atoms with Gasteiger partial charge in [-0.05, 0) is 74.4 Å². The molecule has 1 saturated heterocycles. The van der Waals surface area contributed by atoms with E-state index >= 15 is 0 Å². The molecule has 0 radical (unpaired) electrons. The molecular weight excluding hydrogens is 454 g/mol. The van der Waals surface area contributed by atoms with Crippen LogP contribution >= 0.6 is 23.1 Å². The molecule has 2 aliphatic rings. The summed E-state index contributed by atoms with van der Waals surface area (Å²) in [6, 6.07) is 7.85. The molecule has 3 heterocycles. The molecule has 2 aromatic heterocycles. The van der Waals surface area contributed by atoms with E-state index < -0.39 is 0 Å². The van der Waals surface area contributed by atoms with Gasteiger partial charge in [0.15, 0.2) is 0 Å². The average molecular weight is 480 g/mol. The average Bonchev–Trinajstić information content (AvgIpc) is 3.32. The van der Waals surface area contributed by atoms with E-state index in [1.165, 1.54) is 21.8 Å². The lowest BCUT2D eigenvalue weighted by atomic mass is 9.97. The fraction of sp³-hybridized carbons (Fsp3) is 0.360. The van der Waals surface area contributed by atoms with Gasteiger partial charge >= 0.3 is 0 Å². The van der Waals surface area contributed by atoms with Gasteiger partial charge in [0, 0.05) is 18.0 Å². The Hall–Kier alpha value is -2.71. The highest BCUT2D eigenvalue weighted by Gasteiger charge is 2.34. The van der Waals surface area contributed by atoms with Crippen LogP contribution in [0.1, 0.15) is 47.3 Å². The van der Waals surface area contributed by atoms with Crippen molar-refractivity contribution in [2.75, 3.05) is 6.54 Å². The number of imide groups is 1. The number of aromatic nitrogens is 2. The molecule has 6 nitrogen and oxygen atoms in total. The Kier molecular flexibility index (Phi) is 6.21. The van der Waals surface area contributed by atoms with Crippen LogP contribution in [0.25, 0.3) is 16.3 Å². The molecule has 0 N–H and O–H groups in total. The normalized spacial score (nSPS) is 17.4. The summed E-state index contributed by atoms with van der Waals surface area (Å²) in [6.07, 6.45) is 9.06. The number of rotatable bonds is 6. The number of thiophene rings is 1. The first kappa shape index (κ1) is 22.1. The van der Waals surface area contributed by atoms with Gasteiger partial charge in [-0.3, -0.25) is 23.9 Å². The van der Waals surface area contributed by atoms with Gasteiger partial charge in [-0.15, -0.1) is 11.3 Å². The zero-order valence-electron chi connectivity index (χ0n) is 18.5. The quantitative estimate of drug-likeness (QED) is 0.361. The summed E-state index contributed by atoms with van der Waals surface area (Å²) < 4.78 is 1.68. The molecule has 5 rings (SSSR count). The summed E-state index contributed by atoms with van der Waals surface area (Å²) >= 11 is 2.64. The maximum atomic E-state index is 13.1. The Labute approximate surface area is 200 Å². The minimum absolute atomic E-state index is 0.0339. The molecule has 170 valence electrons. The number of thioether (sulfide) groups is 1. The highest BCUT2D eigenvalue weighted by Crippen LogP contribution is 2.34.